The van der Waals surface area contributed by atoms with Gasteiger partial charge in [-0.1, -0.05) is 29.8 Å². The lowest BCUT2D eigenvalue weighted by Gasteiger charge is -2.18. The number of carbonyl (C=O) groups excluding carboxylic acids is 7. The summed E-state index contributed by atoms with van der Waals surface area (Å²) in [6.07, 6.45) is 26.8. The second kappa shape index (κ2) is 37.9. The van der Waals surface area contributed by atoms with Crippen LogP contribution in [0.2, 0.25) is 0 Å². The number of nitrogens with two attached hydrogens (primary N) is 2. The molecule has 0 saturated heterocycles. The molecular formula is C91H84F3N23O7. The van der Waals surface area contributed by atoms with Crippen molar-refractivity contribution in [3.8, 4) is 6.07 Å². The van der Waals surface area contributed by atoms with Crippen molar-refractivity contribution in [2.75, 3.05) is 0 Å². The Balaban J connectivity index is 0.000000135. The molecule has 16 aromatic rings. The smallest absolute Gasteiger partial charge is 0.253 e. The van der Waals surface area contributed by atoms with Crippen molar-refractivity contribution in [1.29, 1.82) is 5.26 Å². The van der Waals surface area contributed by atoms with Crippen LogP contribution in [0, 0.1) is 56.5 Å². The fraction of sp³-hybridized carbons (Fsp3) is 0.187. The van der Waals surface area contributed by atoms with Crippen LogP contribution in [0.5, 0.6) is 0 Å². The molecular weight excluding hydrogens is 1580 g/mol. The first kappa shape index (κ1) is 84.4. The van der Waals surface area contributed by atoms with Gasteiger partial charge in [-0.05, 0) is 177 Å². The van der Waals surface area contributed by atoms with E-state index in [0.717, 1.165) is 112 Å². The molecule has 0 bridgehead atoms. The van der Waals surface area contributed by atoms with Crippen molar-refractivity contribution in [3.63, 3.8) is 0 Å². The molecule has 0 spiro atoms. The Morgan fingerprint density at radius 2 is 1.03 bits per heavy atom. The standard InChI is InChI=1S/C26H27FN6O2.C23H21N5O2.C21H19FN6O2.C21H17FN6O/c1-16-12-29-25-11-24(27)19(10-23(16)25)13-30-26(35)18-5-7-28-21(9-18)14-32-8-6-20(31-32)15-33(17(2)34)22-3-4-22;1-14-6-7-20-19(8-14)21(28-27-20)13-26-23(30)17-10-15(11-25-12-17)9-16-4-2-3-5-18(16)22(24)29;1-12-5-25-19-4-18(22)14(3-17(12)19)8-26-21(30)15-2-13(6-24-7-15)10-28-11-16(9-27-28)20(23)29;1-13-6-25-20-4-19(22)16(3-18(13)20)10-26-21(29)17-2-14(7-24-9-17)11-28-12-15(5-23)8-27-28/h5-12,22,29H,3-4,13-15H2,1-2H3,(H,30,35);2-8,10-12H,9,13H2,1H3,(H2,24,29)(H,26,30)(H,27,28);2-7,9,11,25H,8,10H2,1H3,(H2,23,29)(H,26,30);2-4,6-9,12,25H,10-11H2,1H3,(H,26,29). The fourth-order valence-corrected chi connectivity index (χ4v) is 14.0. The summed E-state index contributed by atoms with van der Waals surface area (Å²) in [5.74, 6) is -3.36. The second-order valence-electron chi connectivity index (χ2n) is 30.0. The molecule has 5 aromatic carbocycles. The Labute approximate surface area is 706 Å². The zero-order chi connectivity index (χ0) is 87.2. The summed E-state index contributed by atoms with van der Waals surface area (Å²) in [6.45, 7) is 11.5. The van der Waals surface area contributed by atoms with Crippen LogP contribution < -0.4 is 32.7 Å². The molecule has 11 heterocycles. The first-order valence-corrected chi connectivity index (χ1v) is 39.4. The number of hydrogen-bond acceptors (Lipinski definition) is 16. The Bertz CT molecular complexity index is 6760. The highest BCUT2D eigenvalue weighted by Crippen LogP contribution is 2.30. The number of H-pyrrole nitrogens is 4. The largest absolute Gasteiger partial charge is 0.366 e. The Morgan fingerprint density at radius 3 is 1.55 bits per heavy atom. The number of aryl methyl sites for hydroxylation is 4. The highest BCUT2D eigenvalue weighted by molar-refractivity contribution is 5.98. The zero-order valence-electron chi connectivity index (χ0n) is 67.9. The number of nitrogens with zero attached hydrogens (tertiary/aromatic N) is 13. The van der Waals surface area contributed by atoms with Crippen LogP contribution >= 0.6 is 0 Å². The Morgan fingerprint density at radius 1 is 0.516 bits per heavy atom. The summed E-state index contributed by atoms with van der Waals surface area (Å²) in [5, 5.41) is 43.8. The van der Waals surface area contributed by atoms with E-state index in [-0.39, 0.29) is 66.6 Å². The third-order valence-electron chi connectivity index (χ3n) is 20.7. The number of amides is 7. The number of rotatable bonds is 25. The number of benzene rings is 5. The van der Waals surface area contributed by atoms with E-state index in [1.165, 1.54) is 60.1 Å². The van der Waals surface area contributed by atoms with E-state index in [0.29, 0.717) is 107 Å². The summed E-state index contributed by atoms with van der Waals surface area (Å²) in [5.41, 5.74) is 27.4. The van der Waals surface area contributed by atoms with Crippen LogP contribution in [-0.2, 0) is 63.6 Å². The molecule has 11 aromatic heterocycles. The molecule has 0 atom stereocenters. The van der Waals surface area contributed by atoms with Crippen LogP contribution in [0.4, 0.5) is 13.2 Å². The molecule has 124 heavy (non-hydrogen) atoms. The summed E-state index contributed by atoms with van der Waals surface area (Å²) in [7, 11) is 0. The molecule has 12 N–H and O–H groups in total. The first-order valence-electron chi connectivity index (χ1n) is 39.4. The normalized spacial score (nSPS) is 11.5. The Kier molecular flexibility index (Phi) is 25.8. The molecule has 0 aliphatic heterocycles. The van der Waals surface area contributed by atoms with Crippen molar-refractivity contribution >= 4 is 85.0 Å². The number of halogens is 3. The minimum atomic E-state index is -0.562. The fourth-order valence-electron chi connectivity index (χ4n) is 14.0. The van der Waals surface area contributed by atoms with E-state index in [4.69, 9.17) is 16.7 Å². The lowest BCUT2D eigenvalue weighted by atomic mass is 9.99. The van der Waals surface area contributed by atoms with Crippen molar-refractivity contribution < 1.29 is 46.7 Å². The topological polar surface area (TPSA) is 428 Å². The van der Waals surface area contributed by atoms with Gasteiger partial charge in [0.05, 0.1) is 95.5 Å². The van der Waals surface area contributed by atoms with E-state index in [1.807, 2.05) is 99.8 Å². The molecule has 17 rings (SSSR count). The summed E-state index contributed by atoms with van der Waals surface area (Å²) in [4.78, 5) is 113. The highest BCUT2D eigenvalue weighted by atomic mass is 19.1. The molecule has 1 saturated carbocycles. The second-order valence-corrected chi connectivity index (χ2v) is 30.0. The van der Waals surface area contributed by atoms with E-state index in [2.05, 4.69) is 81.6 Å². The van der Waals surface area contributed by atoms with E-state index >= 15 is 0 Å². The van der Waals surface area contributed by atoms with Gasteiger partial charge in [0.1, 0.15) is 23.5 Å². The molecule has 7 amide bonds. The minimum Gasteiger partial charge on any atom is -0.366 e. The molecule has 33 heteroatoms. The van der Waals surface area contributed by atoms with Gasteiger partial charge in [-0.25, -0.2) is 13.2 Å². The zero-order valence-corrected chi connectivity index (χ0v) is 67.9. The van der Waals surface area contributed by atoms with Crippen LogP contribution in [-0.4, -0.2) is 127 Å². The number of primary amides is 2. The lowest BCUT2D eigenvalue weighted by Crippen LogP contribution is -2.30. The Hall–Kier alpha value is -16.0. The van der Waals surface area contributed by atoms with E-state index in [9.17, 15) is 46.7 Å². The number of aromatic amines is 4. The van der Waals surface area contributed by atoms with Gasteiger partial charge in [0, 0.05) is 179 Å². The number of pyridine rings is 4. The number of nitrogens with one attached hydrogen (secondary N) is 8. The maximum Gasteiger partial charge on any atom is 0.253 e. The van der Waals surface area contributed by atoms with Gasteiger partial charge in [0.15, 0.2) is 0 Å². The monoisotopic (exact) mass is 1670 g/mol. The average molecular weight is 1670 g/mol. The average Bonchev–Trinajstić information content (AvgIpc) is 1.66. The highest BCUT2D eigenvalue weighted by Gasteiger charge is 2.31. The van der Waals surface area contributed by atoms with Gasteiger partial charge in [0.25, 0.3) is 29.5 Å². The van der Waals surface area contributed by atoms with Crippen LogP contribution in [0.1, 0.15) is 166 Å². The van der Waals surface area contributed by atoms with E-state index < -0.39 is 11.8 Å². The molecule has 0 unspecified atom stereocenters. The van der Waals surface area contributed by atoms with Gasteiger partial charge in [-0.15, -0.1) is 0 Å². The number of nitriles is 1. The summed E-state index contributed by atoms with van der Waals surface area (Å²) in [6, 6.07) is 35.4. The van der Waals surface area contributed by atoms with Gasteiger partial charge in [0.2, 0.25) is 11.8 Å². The number of aromatic nitrogens is 15. The van der Waals surface area contributed by atoms with Crippen molar-refractivity contribution in [3.05, 3.63) is 343 Å². The van der Waals surface area contributed by atoms with Crippen LogP contribution in [0.25, 0.3) is 43.6 Å². The molecule has 626 valence electrons. The molecule has 0 radical (unpaired) electrons. The third-order valence-corrected chi connectivity index (χ3v) is 20.7. The van der Waals surface area contributed by atoms with Crippen LogP contribution in [0.3, 0.4) is 0 Å². The number of fused-ring (bicyclic) bond motifs is 4. The van der Waals surface area contributed by atoms with E-state index in [1.54, 1.807) is 108 Å². The maximum absolute atomic E-state index is 14.4. The van der Waals surface area contributed by atoms with Crippen LogP contribution in [0.15, 0.2) is 208 Å². The lowest BCUT2D eigenvalue weighted by molar-refractivity contribution is -0.130. The van der Waals surface area contributed by atoms with Gasteiger partial charge >= 0.3 is 0 Å². The van der Waals surface area contributed by atoms with Gasteiger partial charge in [-0.2, -0.15) is 25.7 Å². The SMILES string of the molecule is CC(=O)N(Cc1ccn(Cc2cc(C(=O)NCc3cc4c(C)c[nH]c4cc3F)ccn2)n1)C1CC1.Cc1c[nH]c2cc(F)c(CNC(=O)c3cncc(Cn4cc(C#N)cn4)c3)cc12.Cc1c[nH]c2cc(F)c(CNC(=O)c3cncc(Cn4cc(C(N)=O)cn4)c3)cc12.Cc1ccc2n[nH]c(CNC(=O)c3cncc(Cc4ccccc4C(N)=O)c3)c2c1. The molecule has 1 aliphatic carbocycles. The molecule has 1 fully saturated rings. The summed E-state index contributed by atoms with van der Waals surface area (Å²) < 4.78 is 47.9. The van der Waals surface area contributed by atoms with Gasteiger partial charge in [-0.3, -0.25) is 72.6 Å². The maximum atomic E-state index is 14.4. The predicted molar refractivity (Wildman–Crippen MR) is 456 cm³/mol. The summed E-state index contributed by atoms with van der Waals surface area (Å²) >= 11 is 0. The number of hydrogen-bond donors (Lipinski definition) is 10. The van der Waals surface area contributed by atoms with Crippen molar-refractivity contribution in [2.45, 2.75) is 112 Å². The number of carbonyl (C=O) groups is 7. The van der Waals surface area contributed by atoms with Crippen molar-refractivity contribution in [1.82, 2.24) is 101 Å². The minimum absolute atomic E-state index is 0.0522. The van der Waals surface area contributed by atoms with Crippen molar-refractivity contribution in [2.24, 2.45) is 11.5 Å². The molecule has 1 aliphatic rings. The van der Waals surface area contributed by atoms with Gasteiger partial charge < -0.3 is 52.6 Å². The molecule has 30 nitrogen and oxygen atoms in total. The first-order chi connectivity index (χ1) is 59.8. The quantitative estimate of drug-likeness (QED) is 0.0254. The predicted octanol–water partition coefficient (Wildman–Crippen LogP) is 11.9. The third kappa shape index (κ3) is 21.0.